The van der Waals surface area contributed by atoms with Crippen molar-refractivity contribution in [3.8, 4) is 0 Å². The van der Waals surface area contributed by atoms with Crippen LogP contribution in [0, 0.1) is 0 Å². The van der Waals surface area contributed by atoms with Crippen molar-refractivity contribution < 1.29 is 30.1 Å². The third kappa shape index (κ3) is 12.7. The predicted molar refractivity (Wildman–Crippen MR) is 53.4 cm³/mol. The molecule has 0 amide bonds. The van der Waals surface area contributed by atoms with E-state index in [-0.39, 0.29) is 35.4 Å². The number of hydrogen-bond donors (Lipinski definition) is 0. The molecule has 0 radical (unpaired) electrons. The Hall–Kier alpha value is -1.27. The first-order valence-corrected chi connectivity index (χ1v) is 4.08. The van der Waals surface area contributed by atoms with Crippen LogP contribution in [0.15, 0.2) is 0 Å². The van der Waals surface area contributed by atoms with Crippen molar-refractivity contribution in [2.75, 3.05) is 0 Å². The van der Waals surface area contributed by atoms with Gasteiger partial charge in [-0.2, -0.15) is 0 Å². The molecule has 0 aliphatic carbocycles. The Kier molecular flexibility index (Phi) is 12.0. The molecule has 0 atom stereocenters. The highest BCUT2D eigenvalue weighted by atomic mass is 16.5. The first kappa shape index (κ1) is 19.3. The van der Waals surface area contributed by atoms with E-state index in [0.717, 1.165) is 0 Å². The number of esters is 1. The lowest BCUT2D eigenvalue weighted by Gasteiger charge is -2.13. The zero-order valence-electron chi connectivity index (χ0n) is 9.12. The average Bonchev–Trinajstić information content (AvgIpc) is 1.80. The van der Waals surface area contributed by atoms with Gasteiger partial charge in [0.2, 0.25) is 0 Å². The molecule has 0 aliphatic heterocycles. The molecule has 90 valence electrons. The van der Waals surface area contributed by atoms with Crippen molar-refractivity contribution in [3.05, 3.63) is 0 Å². The van der Waals surface area contributed by atoms with Crippen molar-refractivity contribution in [2.45, 2.75) is 39.7 Å². The molecular weight excluding hydrogens is 204 g/mol. The molecule has 15 heavy (non-hydrogen) atoms. The second-order valence-electron chi connectivity index (χ2n) is 3.04. The zero-order valence-corrected chi connectivity index (χ0v) is 9.12. The molecule has 0 aromatic rings. The topological polar surface area (TPSA) is 123 Å². The Morgan fingerprint density at radius 1 is 0.933 bits per heavy atom. The van der Waals surface area contributed by atoms with Gasteiger partial charge in [0, 0.05) is 19.8 Å². The number of rotatable bonds is 5. The van der Waals surface area contributed by atoms with Crippen molar-refractivity contribution in [2.24, 2.45) is 0 Å². The van der Waals surface area contributed by atoms with Crippen LogP contribution in [0.1, 0.15) is 33.6 Å². The third-order valence-electron chi connectivity index (χ3n) is 1.36. The molecule has 0 aromatic heterocycles. The standard InChI is InChI=1S/C9H14O4.2H2O/c1-6(10)4-9(5-7(2)11)13-8(3)12;;/h9H,4-5H2,1-3H3;2*1H2. The van der Waals surface area contributed by atoms with Crippen molar-refractivity contribution >= 4 is 17.5 Å². The van der Waals surface area contributed by atoms with Crippen molar-refractivity contribution in [1.29, 1.82) is 0 Å². The lowest BCUT2D eigenvalue weighted by molar-refractivity contribution is -0.148. The Balaban J connectivity index is -0.000000720. The Labute approximate surface area is 88.2 Å². The highest BCUT2D eigenvalue weighted by molar-refractivity contribution is 5.80. The number of carbonyl (C=O) groups is 3. The summed E-state index contributed by atoms with van der Waals surface area (Å²) < 4.78 is 4.79. The summed E-state index contributed by atoms with van der Waals surface area (Å²) in [7, 11) is 0. The molecule has 0 rings (SSSR count). The second kappa shape index (κ2) is 9.29. The quantitative estimate of drug-likeness (QED) is 0.566. The van der Waals surface area contributed by atoms with Gasteiger partial charge in [0.05, 0.1) is 0 Å². The number of ketones is 2. The van der Waals surface area contributed by atoms with Gasteiger partial charge < -0.3 is 15.7 Å². The van der Waals surface area contributed by atoms with Crippen LogP contribution >= 0.6 is 0 Å². The molecular formula is C9H18O6. The molecule has 0 fully saturated rings. The highest BCUT2D eigenvalue weighted by Gasteiger charge is 2.16. The van der Waals surface area contributed by atoms with E-state index in [9.17, 15) is 14.4 Å². The van der Waals surface area contributed by atoms with Gasteiger partial charge >= 0.3 is 5.97 Å². The van der Waals surface area contributed by atoms with E-state index in [2.05, 4.69) is 0 Å². The predicted octanol–water partition coefficient (Wildman–Crippen LogP) is -0.773. The Morgan fingerprint density at radius 3 is 1.47 bits per heavy atom. The summed E-state index contributed by atoms with van der Waals surface area (Å²) in [5.74, 6) is -0.646. The van der Waals surface area contributed by atoms with Gasteiger partial charge in [-0.3, -0.25) is 14.4 Å². The number of Topliss-reactive ketones (excluding diaryl/α,β-unsaturated/α-hetero) is 2. The minimum atomic E-state index is -0.590. The van der Waals surface area contributed by atoms with E-state index in [1.807, 2.05) is 0 Å². The summed E-state index contributed by atoms with van der Waals surface area (Å²) in [5, 5.41) is 0. The van der Waals surface area contributed by atoms with Crippen LogP contribution in [0.2, 0.25) is 0 Å². The SMILES string of the molecule is CC(=O)CC(CC(C)=O)OC(C)=O.O.O. The lowest BCUT2D eigenvalue weighted by atomic mass is 10.1. The van der Waals surface area contributed by atoms with E-state index < -0.39 is 12.1 Å². The molecule has 4 N–H and O–H groups in total. The van der Waals surface area contributed by atoms with Crippen LogP contribution < -0.4 is 0 Å². The molecule has 6 heteroatoms. The van der Waals surface area contributed by atoms with E-state index in [1.165, 1.54) is 20.8 Å². The van der Waals surface area contributed by atoms with Gasteiger partial charge in [-0.25, -0.2) is 0 Å². The maximum absolute atomic E-state index is 10.7. The molecule has 0 unspecified atom stereocenters. The van der Waals surface area contributed by atoms with E-state index in [1.54, 1.807) is 0 Å². The van der Waals surface area contributed by atoms with Crippen molar-refractivity contribution in [1.82, 2.24) is 0 Å². The summed E-state index contributed by atoms with van der Waals surface area (Å²) in [6.07, 6.45) is -0.370. The minimum Gasteiger partial charge on any atom is -0.462 e. The highest BCUT2D eigenvalue weighted by Crippen LogP contribution is 2.05. The fraction of sp³-hybridized carbons (Fsp3) is 0.667. The molecule has 6 nitrogen and oxygen atoms in total. The number of carbonyl (C=O) groups excluding carboxylic acids is 3. The van der Waals surface area contributed by atoms with Gasteiger partial charge in [0.25, 0.3) is 0 Å². The Bertz CT molecular complexity index is 185. The molecule has 0 spiro atoms. The van der Waals surface area contributed by atoms with E-state index in [0.29, 0.717) is 0 Å². The number of hydrogen-bond acceptors (Lipinski definition) is 4. The maximum Gasteiger partial charge on any atom is 0.302 e. The van der Waals surface area contributed by atoms with Gasteiger partial charge in [-0.15, -0.1) is 0 Å². The molecule has 0 aliphatic rings. The number of ether oxygens (including phenoxy) is 1. The van der Waals surface area contributed by atoms with Crippen LogP contribution in [0.5, 0.6) is 0 Å². The fourth-order valence-corrected chi connectivity index (χ4v) is 1.03. The van der Waals surface area contributed by atoms with Crippen molar-refractivity contribution in [3.63, 3.8) is 0 Å². The van der Waals surface area contributed by atoms with Crippen LogP contribution in [0.4, 0.5) is 0 Å². The molecule has 0 saturated carbocycles. The first-order valence-electron chi connectivity index (χ1n) is 4.08. The first-order chi connectivity index (χ1) is 5.91. The molecule has 0 bridgehead atoms. The smallest absolute Gasteiger partial charge is 0.302 e. The largest absolute Gasteiger partial charge is 0.462 e. The summed E-state index contributed by atoms with van der Waals surface area (Å²) in [4.78, 5) is 32.0. The fourth-order valence-electron chi connectivity index (χ4n) is 1.03. The lowest BCUT2D eigenvalue weighted by Crippen LogP contribution is -2.21. The maximum atomic E-state index is 10.7. The molecule has 0 saturated heterocycles. The zero-order chi connectivity index (χ0) is 10.4. The summed E-state index contributed by atoms with van der Waals surface area (Å²) in [6, 6.07) is 0. The summed E-state index contributed by atoms with van der Waals surface area (Å²) in [6.45, 7) is 4.06. The second-order valence-corrected chi connectivity index (χ2v) is 3.04. The molecule has 0 heterocycles. The van der Waals surface area contributed by atoms with Gasteiger partial charge in [-0.05, 0) is 13.8 Å². The van der Waals surface area contributed by atoms with E-state index >= 15 is 0 Å². The summed E-state index contributed by atoms with van der Waals surface area (Å²) >= 11 is 0. The van der Waals surface area contributed by atoms with Crippen LogP contribution in [-0.2, 0) is 19.1 Å². The van der Waals surface area contributed by atoms with Crippen LogP contribution in [0.25, 0.3) is 0 Å². The van der Waals surface area contributed by atoms with Gasteiger partial charge in [-0.1, -0.05) is 0 Å². The van der Waals surface area contributed by atoms with Crippen LogP contribution in [-0.4, -0.2) is 34.6 Å². The monoisotopic (exact) mass is 222 g/mol. The van der Waals surface area contributed by atoms with Gasteiger partial charge in [0.1, 0.15) is 17.7 Å². The van der Waals surface area contributed by atoms with Gasteiger partial charge in [0.15, 0.2) is 0 Å². The third-order valence-corrected chi connectivity index (χ3v) is 1.36. The van der Waals surface area contributed by atoms with E-state index in [4.69, 9.17) is 4.74 Å². The van der Waals surface area contributed by atoms with Crippen LogP contribution in [0.3, 0.4) is 0 Å². The average molecular weight is 222 g/mol. The molecule has 0 aromatic carbocycles. The minimum absolute atomic E-state index is 0. The summed E-state index contributed by atoms with van der Waals surface area (Å²) in [5.41, 5.74) is 0. The Morgan fingerprint density at radius 2 is 1.27 bits per heavy atom. The normalized spacial score (nSPS) is 8.53.